The van der Waals surface area contributed by atoms with E-state index < -0.39 is 0 Å². The Kier molecular flexibility index (Phi) is 4.36. The largest absolute Gasteiger partial charge is 0.486 e. The Morgan fingerprint density at radius 3 is 2.75 bits per heavy atom. The van der Waals surface area contributed by atoms with E-state index in [1.54, 1.807) is 6.92 Å². The van der Waals surface area contributed by atoms with Gasteiger partial charge < -0.3 is 4.74 Å². The smallest absolute Gasteiger partial charge is 0.277 e. The molecule has 0 unspecified atom stereocenters. The van der Waals surface area contributed by atoms with E-state index in [-0.39, 0.29) is 5.91 Å². The fraction of sp³-hybridized carbons (Fsp3) is 0.286. The molecule has 1 heterocycles. The van der Waals surface area contributed by atoms with Gasteiger partial charge in [-0.3, -0.25) is 10.2 Å². The van der Waals surface area contributed by atoms with Crippen molar-refractivity contribution < 1.29 is 9.53 Å². The molecule has 20 heavy (non-hydrogen) atoms. The third kappa shape index (κ3) is 3.15. The van der Waals surface area contributed by atoms with Crippen LogP contribution in [0.1, 0.15) is 31.5 Å². The van der Waals surface area contributed by atoms with E-state index in [1.807, 2.05) is 25.1 Å². The van der Waals surface area contributed by atoms with E-state index in [9.17, 15) is 4.79 Å². The van der Waals surface area contributed by atoms with Crippen LogP contribution in [0.4, 0.5) is 0 Å². The van der Waals surface area contributed by atoms with Gasteiger partial charge in [-0.1, -0.05) is 6.07 Å². The second-order valence-corrected chi connectivity index (χ2v) is 5.61. The van der Waals surface area contributed by atoms with Crippen LogP contribution in [0.15, 0.2) is 18.2 Å². The molecule has 1 aromatic carbocycles. The van der Waals surface area contributed by atoms with Gasteiger partial charge in [-0.15, -0.1) is 11.3 Å². The van der Waals surface area contributed by atoms with Crippen LogP contribution < -0.4 is 16.0 Å². The Morgan fingerprint density at radius 2 is 2.10 bits per heavy atom. The van der Waals surface area contributed by atoms with Gasteiger partial charge in [0, 0.05) is 0 Å². The maximum absolute atomic E-state index is 11.5. The van der Waals surface area contributed by atoms with Crippen molar-refractivity contribution >= 4 is 17.2 Å². The monoisotopic (exact) mass is 291 g/mol. The molecule has 2 rings (SSSR count). The fourth-order valence-electron chi connectivity index (χ4n) is 1.74. The van der Waals surface area contributed by atoms with E-state index in [0.29, 0.717) is 17.2 Å². The quantitative estimate of drug-likeness (QED) is 0.514. The Balaban J connectivity index is 2.07. The summed E-state index contributed by atoms with van der Waals surface area (Å²) >= 11 is 1.29. The highest BCUT2D eigenvalue weighted by atomic mass is 32.1. The molecule has 106 valence electrons. The standard InChI is InChI=1S/C14H17N3O2S/c1-8-4-5-11(6-9(8)2)19-7-12-16-10(3)13(20-12)14(18)17-15/h4-6H,7,15H2,1-3H3,(H,17,18). The minimum absolute atomic E-state index is 0.322. The third-order valence-corrected chi connectivity index (χ3v) is 4.15. The summed E-state index contributed by atoms with van der Waals surface area (Å²) in [5.41, 5.74) is 5.18. The van der Waals surface area contributed by atoms with Crippen molar-refractivity contribution in [1.82, 2.24) is 10.4 Å². The number of amides is 1. The van der Waals surface area contributed by atoms with Crippen LogP contribution in [0.25, 0.3) is 0 Å². The lowest BCUT2D eigenvalue weighted by Gasteiger charge is -2.06. The molecule has 0 bridgehead atoms. The maximum atomic E-state index is 11.5. The molecule has 2 aromatic rings. The third-order valence-electron chi connectivity index (χ3n) is 3.02. The second kappa shape index (κ2) is 6.02. The molecule has 0 fully saturated rings. The van der Waals surface area contributed by atoms with Crippen LogP contribution >= 0.6 is 11.3 Å². The van der Waals surface area contributed by atoms with Crippen molar-refractivity contribution in [2.75, 3.05) is 0 Å². The van der Waals surface area contributed by atoms with Crippen LogP contribution in [0.5, 0.6) is 5.75 Å². The van der Waals surface area contributed by atoms with Crippen molar-refractivity contribution in [3.63, 3.8) is 0 Å². The summed E-state index contributed by atoms with van der Waals surface area (Å²) in [7, 11) is 0. The van der Waals surface area contributed by atoms with Crippen molar-refractivity contribution in [2.24, 2.45) is 5.84 Å². The van der Waals surface area contributed by atoms with E-state index in [1.165, 1.54) is 22.5 Å². The van der Waals surface area contributed by atoms with Gasteiger partial charge in [0.05, 0.1) is 5.69 Å². The number of nitrogens with one attached hydrogen (secondary N) is 1. The Hall–Kier alpha value is -1.92. The average molecular weight is 291 g/mol. The number of hydrogen-bond donors (Lipinski definition) is 2. The van der Waals surface area contributed by atoms with Crippen LogP contribution in [-0.2, 0) is 6.61 Å². The number of benzene rings is 1. The summed E-state index contributed by atoms with van der Waals surface area (Å²) in [4.78, 5) is 16.3. The molecule has 6 heteroatoms. The highest BCUT2D eigenvalue weighted by Gasteiger charge is 2.14. The van der Waals surface area contributed by atoms with Gasteiger partial charge in [-0.05, 0) is 44.0 Å². The number of ether oxygens (including phenoxy) is 1. The molecule has 0 aliphatic rings. The predicted molar refractivity (Wildman–Crippen MR) is 78.8 cm³/mol. The Bertz CT molecular complexity index is 637. The summed E-state index contributed by atoms with van der Waals surface area (Å²) in [5.74, 6) is 5.60. The van der Waals surface area contributed by atoms with E-state index >= 15 is 0 Å². The topological polar surface area (TPSA) is 77.2 Å². The summed E-state index contributed by atoms with van der Waals surface area (Å²) in [6.45, 7) is 6.22. The van der Waals surface area contributed by atoms with E-state index in [0.717, 1.165) is 10.8 Å². The minimum atomic E-state index is -0.322. The Labute approximate surface area is 121 Å². The first-order valence-corrected chi connectivity index (χ1v) is 7.00. The molecular formula is C14H17N3O2S. The summed E-state index contributed by atoms with van der Waals surface area (Å²) in [6.07, 6.45) is 0. The number of hydrazine groups is 1. The van der Waals surface area contributed by atoms with Crippen LogP contribution in [0.2, 0.25) is 0 Å². The summed E-state index contributed by atoms with van der Waals surface area (Å²) in [5, 5.41) is 0.749. The first-order chi connectivity index (χ1) is 9.51. The van der Waals surface area contributed by atoms with Crippen LogP contribution in [-0.4, -0.2) is 10.9 Å². The number of thiazole rings is 1. The molecule has 0 atom stereocenters. The number of aryl methyl sites for hydroxylation is 3. The summed E-state index contributed by atoms with van der Waals surface area (Å²) in [6, 6.07) is 5.94. The number of hydrogen-bond acceptors (Lipinski definition) is 5. The van der Waals surface area contributed by atoms with Gasteiger partial charge in [0.15, 0.2) is 0 Å². The lowest BCUT2D eigenvalue weighted by molar-refractivity contribution is 0.0957. The molecule has 0 aliphatic heterocycles. The first kappa shape index (κ1) is 14.5. The molecule has 0 spiro atoms. The molecule has 5 nitrogen and oxygen atoms in total. The predicted octanol–water partition coefficient (Wildman–Crippen LogP) is 2.25. The van der Waals surface area contributed by atoms with Gasteiger partial charge >= 0.3 is 0 Å². The normalized spacial score (nSPS) is 10.4. The molecule has 0 radical (unpaired) electrons. The summed E-state index contributed by atoms with van der Waals surface area (Å²) < 4.78 is 5.69. The molecule has 1 aromatic heterocycles. The van der Waals surface area contributed by atoms with Gasteiger partial charge in [0.25, 0.3) is 5.91 Å². The molecule has 1 amide bonds. The SMILES string of the molecule is Cc1ccc(OCc2nc(C)c(C(=O)NN)s2)cc1C. The van der Waals surface area contributed by atoms with Crippen molar-refractivity contribution in [1.29, 1.82) is 0 Å². The molecule has 0 saturated heterocycles. The zero-order chi connectivity index (χ0) is 14.7. The van der Waals surface area contributed by atoms with Gasteiger partial charge in [-0.2, -0.15) is 0 Å². The van der Waals surface area contributed by atoms with E-state index in [2.05, 4.69) is 17.3 Å². The number of carbonyl (C=O) groups is 1. The maximum Gasteiger partial charge on any atom is 0.277 e. The number of carbonyl (C=O) groups excluding carboxylic acids is 1. The second-order valence-electron chi connectivity index (χ2n) is 4.53. The molecular weight excluding hydrogens is 274 g/mol. The van der Waals surface area contributed by atoms with E-state index in [4.69, 9.17) is 10.6 Å². The molecule has 0 aliphatic carbocycles. The highest BCUT2D eigenvalue weighted by molar-refractivity contribution is 7.13. The fourth-order valence-corrected chi connectivity index (χ4v) is 2.62. The lowest BCUT2D eigenvalue weighted by Crippen LogP contribution is -2.29. The van der Waals surface area contributed by atoms with Crippen molar-refractivity contribution in [3.05, 3.63) is 44.9 Å². The highest BCUT2D eigenvalue weighted by Crippen LogP contribution is 2.21. The number of nitrogens with zero attached hydrogens (tertiary/aromatic N) is 1. The number of aromatic nitrogens is 1. The van der Waals surface area contributed by atoms with Gasteiger partial charge in [0.2, 0.25) is 0 Å². The van der Waals surface area contributed by atoms with Crippen molar-refractivity contribution in [2.45, 2.75) is 27.4 Å². The first-order valence-electron chi connectivity index (χ1n) is 6.18. The number of nitrogen functional groups attached to an aromatic ring is 1. The van der Waals surface area contributed by atoms with Crippen LogP contribution in [0, 0.1) is 20.8 Å². The number of rotatable bonds is 4. The van der Waals surface area contributed by atoms with Gasteiger partial charge in [-0.25, -0.2) is 10.8 Å². The average Bonchev–Trinajstić information content (AvgIpc) is 2.80. The Morgan fingerprint density at radius 1 is 1.35 bits per heavy atom. The zero-order valence-electron chi connectivity index (χ0n) is 11.7. The van der Waals surface area contributed by atoms with Crippen molar-refractivity contribution in [3.8, 4) is 5.75 Å². The minimum Gasteiger partial charge on any atom is -0.486 e. The lowest BCUT2D eigenvalue weighted by atomic mass is 10.1. The number of nitrogens with two attached hydrogens (primary N) is 1. The van der Waals surface area contributed by atoms with Crippen LogP contribution in [0.3, 0.4) is 0 Å². The molecule has 3 N–H and O–H groups in total. The van der Waals surface area contributed by atoms with Gasteiger partial charge in [0.1, 0.15) is 22.2 Å². The zero-order valence-corrected chi connectivity index (χ0v) is 12.5. The molecule has 0 saturated carbocycles.